The first-order chi connectivity index (χ1) is 10.2. The van der Waals surface area contributed by atoms with Gasteiger partial charge in [0, 0.05) is 25.9 Å². The highest BCUT2D eigenvalue weighted by atomic mass is 16.5. The Morgan fingerprint density at radius 2 is 2.05 bits per heavy atom. The third-order valence-electron chi connectivity index (χ3n) is 4.85. The minimum absolute atomic E-state index is 0.0300. The number of ether oxygens (including phenoxy) is 1. The van der Waals surface area contributed by atoms with Crippen LogP contribution in [0.2, 0.25) is 0 Å². The van der Waals surface area contributed by atoms with E-state index in [4.69, 9.17) is 4.74 Å². The number of rotatable bonds is 7. The molecule has 0 aliphatic heterocycles. The fraction of sp³-hybridized carbons (Fsp3) is 0.824. The van der Waals surface area contributed by atoms with Crippen LogP contribution in [0.1, 0.15) is 57.4 Å². The maximum Gasteiger partial charge on any atom is 0.0834 e. The highest BCUT2D eigenvalue weighted by molar-refractivity contribution is 5.05. The molecule has 0 saturated heterocycles. The zero-order valence-corrected chi connectivity index (χ0v) is 13.9. The monoisotopic (exact) mass is 293 g/mol. The fourth-order valence-corrected chi connectivity index (χ4v) is 3.79. The Morgan fingerprint density at radius 1 is 1.33 bits per heavy atom. The molecule has 21 heavy (non-hydrogen) atoms. The van der Waals surface area contributed by atoms with Crippen molar-refractivity contribution in [3.63, 3.8) is 0 Å². The number of hydrogen-bond donors (Lipinski definition) is 1. The normalized spacial score (nSPS) is 20.1. The SMILES string of the molecule is CCOC1(C(CCc2cnn(C)c2)NC)CCCCCC1. The molecule has 4 heteroatoms. The van der Waals surface area contributed by atoms with Crippen LogP contribution >= 0.6 is 0 Å². The molecule has 1 aliphatic carbocycles. The van der Waals surface area contributed by atoms with Gasteiger partial charge in [-0.1, -0.05) is 25.7 Å². The molecule has 0 aromatic carbocycles. The Labute approximate surface area is 129 Å². The van der Waals surface area contributed by atoms with Crippen LogP contribution in [0.15, 0.2) is 12.4 Å². The van der Waals surface area contributed by atoms with E-state index in [9.17, 15) is 0 Å². The molecule has 0 spiro atoms. The van der Waals surface area contributed by atoms with Gasteiger partial charge in [-0.05, 0) is 45.2 Å². The molecule has 0 bridgehead atoms. The molecule has 120 valence electrons. The van der Waals surface area contributed by atoms with Gasteiger partial charge in [0.2, 0.25) is 0 Å². The summed E-state index contributed by atoms with van der Waals surface area (Å²) in [6, 6.07) is 0.427. The average Bonchev–Trinajstić information content (AvgIpc) is 2.74. The first-order valence-corrected chi connectivity index (χ1v) is 8.49. The minimum Gasteiger partial charge on any atom is -0.374 e. The van der Waals surface area contributed by atoms with E-state index in [-0.39, 0.29) is 5.60 Å². The van der Waals surface area contributed by atoms with E-state index >= 15 is 0 Å². The lowest BCUT2D eigenvalue weighted by atomic mass is 9.83. The van der Waals surface area contributed by atoms with Crippen LogP contribution in [0.4, 0.5) is 0 Å². The predicted molar refractivity (Wildman–Crippen MR) is 86.4 cm³/mol. The number of nitrogens with zero attached hydrogens (tertiary/aromatic N) is 2. The molecule has 1 heterocycles. The standard InChI is InChI=1S/C17H31N3O/c1-4-21-17(11-7-5-6-8-12-17)16(18-2)10-9-15-13-19-20(3)14-15/h13-14,16,18H,4-12H2,1-3H3. The molecule has 1 saturated carbocycles. The molecule has 1 N–H and O–H groups in total. The first kappa shape index (κ1) is 16.5. The molecule has 1 aromatic rings. The summed E-state index contributed by atoms with van der Waals surface area (Å²) in [4.78, 5) is 0. The average molecular weight is 293 g/mol. The van der Waals surface area contributed by atoms with E-state index < -0.39 is 0 Å². The summed E-state index contributed by atoms with van der Waals surface area (Å²) < 4.78 is 8.20. The number of aryl methyl sites for hydroxylation is 2. The van der Waals surface area contributed by atoms with E-state index in [2.05, 4.69) is 30.6 Å². The van der Waals surface area contributed by atoms with E-state index in [1.807, 2.05) is 17.9 Å². The molecular formula is C17H31N3O. The summed E-state index contributed by atoms with van der Waals surface area (Å²) in [5, 5.41) is 7.82. The highest BCUT2D eigenvalue weighted by Crippen LogP contribution is 2.35. The van der Waals surface area contributed by atoms with Gasteiger partial charge in [-0.3, -0.25) is 4.68 Å². The molecule has 1 unspecified atom stereocenters. The minimum atomic E-state index is 0.0300. The molecule has 0 amide bonds. The quantitative estimate of drug-likeness (QED) is 0.785. The third-order valence-corrected chi connectivity index (χ3v) is 4.85. The maximum atomic E-state index is 6.31. The predicted octanol–water partition coefficient (Wildman–Crippen LogP) is 3.07. The summed E-state index contributed by atoms with van der Waals surface area (Å²) in [5.41, 5.74) is 1.35. The van der Waals surface area contributed by atoms with Gasteiger partial charge in [-0.2, -0.15) is 5.10 Å². The van der Waals surface area contributed by atoms with Gasteiger partial charge in [-0.15, -0.1) is 0 Å². The lowest BCUT2D eigenvalue weighted by Gasteiger charge is -2.40. The summed E-state index contributed by atoms with van der Waals surface area (Å²) in [7, 11) is 4.06. The molecule has 2 rings (SSSR count). The van der Waals surface area contributed by atoms with Crippen molar-refractivity contribution in [2.75, 3.05) is 13.7 Å². The van der Waals surface area contributed by atoms with Gasteiger partial charge in [0.1, 0.15) is 0 Å². The Bertz CT molecular complexity index is 408. The number of hydrogen-bond acceptors (Lipinski definition) is 3. The van der Waals surface area contributed by atoms with E-state index in [1.165, 1.54) is 44.1 Å². The van der Waals surface area contributed by atoms with Gasteiger partial charge in [0.25, 0.3) is 0 Å². The van der Waals surface area contributed by atoms with Crippen molar-refractivity contribution < 1.29 is 4.74 Å². The second-order valence-electron chi connectivity index (χ2n) is 6.31. The zero-order chi connectivity index (χ0) is 15.1. The van der Waals surface area contributed by atoms with Crippen molar-refractivity contribution in [1.29, 1.82) is 0 Å². The van der Waals surface area contributed by atoms with Gasteiger partial charge >= 0.3 is 0 Å². The maximum absolute atomic E-state index is 6.31. The van der Waals surface area contributed by atoms with Gasteiger partial charge in [0.05, 0.1) is 11.8 Å². The summed E-state index contributed by atoms with van der Waals surface area (Å²) >= 11 is 0. The molecule has 1 fully saturated rings. The van der Waals surface area contributed by atoms with Crippen LogP contribution in [0.3, 0.4) is 0 Å². The van der Waals surface area contributed by atoms with Crippen molar-refractivity contribution in [3.8, 4) is 0 Å². The molecule has 1 aliphatic rings. The van der Waals surface area contributed by atoms with Gasteiger partial charge in [-0.25, -0.2) is 0 Å². The number of aromatic nitrogens is 2. The zero-order valence-electron chi connectivity index (χ0n) is 13.9. The van der Waals surface area contributed by atoms with Crippen molar-refractivity contribution in [2.24, 2.45) is 7.05 Å². The van der Waals surface area contributed by atoms with E-state index in [0.29, 0.717) is 6.04 Å². The second kappa shape index (κ2) is 7.95. The molecular weight excluding hydrogens is 262 g/mol. The molecule has 1 atom stereocenters. The number of likely N-dealkylation sites (N-methyl/N-ethyl adjacent to an activating group) is 1. The van der Waals surface area contributed by atoms with Crippen LogP contribution in [0.5, 0.6) is 0 Å². The third kappa shape index (κ3) is 4.30. The molecule has 1 aromatic heterocycles. The Kier molecular flexibility index (Phi) is 6.24. The fourth-order valence-electron chi connectivity index (χ4n) is 3.79. The van der Waals surface area contributed by atoms with E-state index in [1.54, 1.807) is 0 Å². The largest absolute Gasteiger partial charge is 0.374 e. The summed E-state index contributed by atoms with van der Waals surface area (Å²) in [5.74, 6) is 0. The number of nitrogens with one attached hydrogen (secondary N) is 1. The van der Waals surface area contributed by atoms with Crippen molar-refractivity contribution >= 4 is 0 Å². The Morgan fingerprint density at radius 3 is 2.57 bits per heavy atom. The van der Waals surface area contributed by atoms with Crippen LogP contribution in [-0.2, 0) is 18.2 Å². The van der Waals surface area contributed by atoms with Crippen LogP contribution < -0.4 is 5.32 Å². The van der Waals surface area contributed by atoms with Gasteiger partial charge < -0.3 is 10.1 Å². The topological polar surface area (TPSA) is 39.1 Å². The molecule has 0 radical (unpaired) electrons. The van der Waals surface area contributed by atoms with Crippen molar-refractivity contribution in [1.82, 2.24) is 15.1 Å². The Balaban J connectivity index is 2.03. The van der Waals surface area contributed by atoms with E-state index in [0.717, 1.165) is 19.4 Å². The van der Waals surface area contributed by atoms with Crippen LogP contribution in [-0.4, -0.2) is 35.1 Å². The Hall–Kier alpha value is -0.870. The molecule has 4 nitrogen and oxygen atoms in total. The van der Waals surface area contributed by atoms with Crippen molar-refractivity contribution in [3.05, 3.63) is 18.0 Å². The summed E-state index contributed by atoms with van der Waals surface area (Å²) in [6.45, 7) is 2.94. The van der Waals surface area contributed by atoms with Gasteiger partial charge in [0.15, 0.2) is 0 Å². The van der Waals surface area contributed by atoms with Crippen LogP contribution in [0, 0.1) is 0 Å². The lowest BCUT2D eigenvalue weighted by molar-refractivity contribution is -0.0769. The second-order valence-corrected chi connectivity index (χ2v) is 6.31. The van der Waals surface area contributed by atoms with Crippen LogP contribution in [0.25, 0.3) is 0 Å². The van der Waals surface area contributed by atoms with Crippen molar-refractivity contribution in [2.45, 2.75) is 69.9 Å². The lowest BCUT2D eigenvalue weighted by Crippen LogP contribution is -2.51. The first-order valence-electron chi connectivity index (χ1n) is 8.49. The summed E-state index contributed by atoms with van der Waals surface area (Å²) in [6.07, 6.45) is 14.0. The highest BCUT2D eigenvalue weighted by Gasteiger charge is 2.38. The smallest absolute Gasteiger partial charge is 0.0834 e.